The Balaban J connectivity index is 1.48. The summed E-state index contributed by atoms with van der Waals surface area (Å²) in [5.41, 5.74) is 5.50. The summed E-state index contributed by atoms with van der Waals surface area (Å²) in [5.74, 6) is 1.61. The Morgan fingerprint density at radius 3 is 2.60 bits per heavy atom. The van der Waals surface area contributed by atoms with Crippen molar-refractivity contribution >= 4 is 23.4 Å². The number of fused-ring (bicyclic) bond motifs is 1. The molecule has 0 aliphatic carbocycles. The number of hydrogen-bond acceptors (Lipinski definition) is 6. The number of morpholine rings is 1. The van der Waals surface area contributed by atoms with Gasteiger partial charge in [0.1, 0.15) is 5.65 Å². The summed E-state index contributed by atoms with van der Waals surface area (Å²) in [6, 6.07) is 12.5. The van der Waals surface area contributed by atoms with E-state index in [0.717, 1.165) is 47.0 Å². The highest BCUT2D eigenvalue weighted by molar-refractivity contribution is 7.98. The smallest absolute Gasteiger partial charge is 0.232 e. The van der Waals surface area contributed by atoms with Gasteiger partial charge in [0.25, 0.3) is 0 Å². The Labute approximate surface area is 179 Å². The number of rotatable bonds is 5. The van der Waals surface area contributed by atoms with Crippen LogP contribution in [0.15, 0.2) is 53.9 Å². The molecule has 0 radical (unpaired) electrons. The highest BCUT2D eigenvalue weighted by atomic mass is 32.2. The Kier molecular flexibility index (Phi) is 5.18. The number of benzene rings is 1. The van der Waals surface area contributed by atoms with Gasteiger partial charge in [0.2, 0.25) is 5.95 Å². The van der Waals surface area contributed by atoms with E-state index in [4.69, 9.17) is 9.72 Å². The molecule has 0 atom stereocenters. The number of pyridine rings is 1. The van der Waals surface area contributed by atoms with Gasteiger partial charge in [0, 0.05) is 31.2 Å². The van der Waals surface area contributed by atoms with Crippen molar-refractivity contribution in [2.75, 3.05) is 31.2 Å². The van der Waals surface area contributed by atoms with E-state index in [1.54, 1.807) is 11.8 Å². The molecular formula is C22H24N6OS. The van der Waals surface area contributed by atoms with Crippen LogP contribution in [0.1, 0.15) is 16.8 Å². The van der Waals surface area contributed by atoms with Crippen molar-refractivity contribution in [1.82, 2.24) is 24.1 Å². The number of hydrogen-bond donors (Lipinski definition) is 0. The second-order valence-electron chi connectivity index (χ2n) is 7.45. The SMILES string of the molecule is Cc1ccccc1-n1c(SCc2cn3cccc(C)c3n2)nnc1N1CCOCC1. The average Bonchev–Trinajstić information content (AvgIpc) is 3.38. The fourth-order valence-corrected chi connectivity index (χ4v) is 4.59. The molecule has 154 valence electrons. The van der Waals surface area contributed by atoms with Crippen LogP contribution in [0.5, 0.6) is 0 Å². The number of imidazole rings is 1. The highest BCUT2D eigenvalue weighted by Gasteiger charge is 2.22. The Morgan fingerprint density at radius 2 is 1.80 bits per heavy atom. The van der Waals surface area contributed by atoms with E-state index >= 15 is 0 Å². The minimum atomic E-state index is 0.712. The third-order valence-electron chi connectivity index (χ3n) is 5.34. The number of aryl methyl sites for hydroxylation is 2. The van der Waals surface area contributed by atoms with E-state index in [9.17, 15) is 0 Å². The minimum absolute atomic E-state index is 0.712. The maximum absolute atomic E-state index is 5.53. The number of anilines is 1. The standard InChI is InChI=1S/C22H24N6OS/c1-16-6-3-4-8-19(16)28-21(26-10-12-29-13-11-26)24-25-22(28)30-15-18-14-27-9-5-7-17(2)20(27)23-18/h3-9,14H,10-13,15H2,1-2H3. The van der Waals surface area contributed by atoms with E-state index in [0.29, 0.717) is 13.2 Å². The van der Waals surface area contributed by atoms with Crippen molar-refractivity contribution < 1.29 is 4.74 Å². The van der Waals surface area contributed by atoms with Gasteiger partial charge in [0.05, 0.1) is 24.6 Å². The normalized spacial score (nSPS) is 14.5. The van der Waals surface area contributed by atoms with Crippen LogP contribution in [-0.2, 0) is 10.5 Å². The minimum Gasteiger partial charge on any atom is -0.378 e. The Bertz CT molecular complexity index is 1180. The van der Waals surface area contributed by atoms with E-state index < -0.39 is 0 Å². The first-order chi connectivity index (χ1) is 14.7. The lowest BCUT2D eigenvalue weighted by Crippen LogP contribution is -2.38. The molecule has 0 amide bonds. The van der Waals surface area contributed by atoms with Gasteiger partial charge in [-0.25, -0.2) is 4.98 Å². The van der Waals surface area contributed by atoms with Crippen LogP contribution < -0.4 is 4.90 Å². The van der Waals surface area contributed by atoms with Gasteiger partial charge in [-0.3, -0.25) is 4.57 Å². The number of para-hydroxylation sites is 1. The third kappa shape index (κ3) is 3.57. The lowest BCUT2D eigenvalue weighted by Gasteiger charge is -2.28. The summed E-state index contributed by atoms with van der Waals surface area (Å²) < 4.78 is 9.78. The van der Waals surface area contributed by atoms with Gasteiger partial charge >= 0.3 is 0 Å². The molecule has 1 aliphatic heterocycles. The van der Waals surface area contributed by atoms with Gasteiger partial charge in [-0.05, 0) is 37.1 Å². The predicted molar refractivity (Wildman–Crippen MR) is 119 cm³/mol. The molecule has 1 aromatic carbocycles. The lowest BCUT2D eigenvalue weighted by atomic mass is 10.2. The zero-order valence-corrected chi connectivity index (χ0v) is 18.0. The van der Waals surface area contributed by atoms with Crippen LogP contribution >= 0.6 is 11.8 Å². The van der Waals surface area contributed by atoms with Gasteiger partial charge in [-0.15, -0.1) is 10.2 Å². The van der Waals surface area contributed by atoms with Crippen LogP contribution in [0.2, 0.25) is 0 Å². The molecule has 1 saturated heterocycles. The van der Waals surface area contributed by atoms with Gasteiger partial charge < -0.3 is 14.0 Å². The van der Waals surface area contributed by atoms with Crippen molar-refractivity contribution in [3.05, 3.63) is 65.6 Å². The fraction of sp³-hybridized carbons (Fsp3) is 0.318. The van der Waals surface area contributed by atoms with Crippen molar-refractivity contribution in [1.29, 1.82) is 0 Å². The monoisotopic (exact) mass is 420 g/mol. The zero-order chi connectivity index (χ0) is 20.5. The zero-order valence-electron chi connectivity index (χ0n) is 17.2. The summed E-state index contributed by atoms with van der Waals surface area (Å²) in [6.07, 6.45) is 4.13. The highest BCUT2D eigenvalue weighted by Crippen LogP contribution is 2.30. The molecule has 0 N–H and O–H groups in total. The molecule has 4 heterocycles. The Morgan fingerprint density at radius 1 is 1.00 bits per heavy atom. The van der Waals surface area contributed by atoms with Gasteiger partial charge in [0.15, 0.2) is 5.16 Å². The molecule has 7 nitrogen and oxygen atoms in total. The fourth-order valence-electron chi connectivity index (χ4n) is 3.76. The lowest BCUT2D eigenvalue weighted by molar-refractivity contribution is 0.122. The van der Waals surface area contributed by atoms with E-state index in [2.05, 4.69) is 74.4 Å². The van der Waals surface area contributed by atoms with E-state index in [1.165, 1.54) is 11.1 Å². The summed E-state index contributed by atoms with van der Waals surface area (Å²) >= 11 is 1.67. The van der Waals surface area contributed by atoms with E-state index in [-0.39, 0.29) is 0 Å². The first kappa shape index (κ1) is 19.1. The molecule has 0 bridgehead atoms. The first-order valence-corrected chi connectivity index (χ1v) is 11.1. The van der Waals surface area contributed by atoms with Gasteiger partial charge in [-0.2, -0.15) is 0 Å². The van der Waals surface area contributed by atoms with Crippen molar-refractivity contribution in [3.63, 3.8) is 0 Å². The second kappa shape index (κ2) is 8.12. The molecule has 5 rings (SSSR count). The number of ether oxygens (including phenoxy) is 1. The number of nitrogens with zero attached hydrogens (tertiary/aromatic N) is 6. The Hall–Kier alpha value is -2.84. The average molecular weight is 421 g/mol. The molecule has 0 saturated carbocycles. The molecule has 0 unspecified atom stereocenters. The topological polar surface area (TPSA) is 60.5 Å². The molecule has 1 fully saturated rings. The van der Waals surface area contributed by atoms with Crippen LogP contribution in [0.25, 0.3) is 11.3 Å². The van der Waals surface area contributed by atoms with Crippen LogP contribution in [-0.4, -0.2) is 50.5 Å². The molecule has 8 heteroatoms. The maximum atomic E-state index is 5.53. The predicted octanol–water partition coefficient (Wildman–Crippen LogP) is 3.66. The summed E-state index contributed by atoms with van der Waals surface area (Å²) in [6.45, 7) is 7.27. The van der Waals surface area contributed by atoms with Crippen molar-refractivity contribution in [2.45, 2.75) is 24.8 Å². The molecule has 0 spiro atoms. The molecule has 3 aromatic heterocycles. The second-order valence-corrected chi connectivity index (χ2v) is 8.39. The summed E-state index contributed by atoms with van der Waals surface area (Å²) in [5, 5.41) is 9.99. The molecule has 1 aliphatic rings. The van der Waals surface area contributed by atoms with Crippen LogP contribution in [0.4, 0.5) is 5.95 Å². The summed E-state index contributed by atoms with van der Waals surface area (Å²) in [7, 11) is 0. The number of thioether (sulfide) groups is 1. The van der Waals surface area contributed by atoms with E-state index in [1.807, 2.05) is 12.3 Å². The first-order valence-electron chi connectivity index (χ1n) is 10.1. The maximum Gasteiger partial charge on any atom is 0.232 e. The molecule has 4 aromatic rings. The van der Waals surface area contributed by atoms with Crippen LogP contribution in [0, 0.1) is 13.8 Å². The van der Waals surface area contributed by atoms with Crippen molar-refractivity contribution in [2.24, 2.45) is 0 Å². The summed E-state index contributed by atoms with van der Waals surface area (Å²) in [4.78, 5) is 7.05. The van der Waals surface area contributed by atoms with Gasteiger partial charge in [-0.1, -0.05) is 36.0 Å². The third-order valence-corrected chi connectivity index (χ3v) is 6.31. The largest absolute Gasteiger partial charge is 0.378 e. The van der Waals surface area contributed by atoms with Crippen LogP contribution in [0.3, 0.4) is 0 Å². The molecule has 30 heavy (non-hydrogen) atoms. The number of aromatic nitrogens is 5. The quantitative estimate of drug-likeness (QED) is 0.459. The molecular weight excluding hydrogens is 396 g/mol. The van der Waals surface area contributed by atoms with Crippen molar-refractivity contribution in [3.8, 4) is 5.69 Å².